The molecule has 7 heteroatoms. The molecule has 3 aromatic carbocycles. The molecule has 1 N–H and O–H groups in total. The number of aryl methyl sites for hydroxylation is 2. The van der Waals surface area contributed by atoms with Crippen LogP contribution in [0.1, 0.15) is 34.7 Å². The van der Waals surface area contributed by atoms with Crippen LogP contribution in [0.3, 0.4) is 0 Å². The molecule has 0 unspecified atom stereocenters. The first-order valence-electron chi connectivity index (χ1n) is 10.6. The van der Waals surface area contributed by atoms with Crippen LogP contribution in [0, 0.1) is 19.7 Å². The molecule has 0 fully saturated rings. The highest BCUT2D eigenvalue weighted by molar-refractivity contribution is 9.10. The molecule has 0 aliphatic carbocycles. The van der Waals surface area contributed by atoms with E-state index in [0.29, 0.717) is 22.6 Å². The summed E-state index contributed by atoms with van der Waals surface area (Å²) in [5, 5.41) is 4.08. The van der Waals surface area contributed by atoms with Crippen LogP contribution in [-0.4, -0.2) is 18.7 Å². The van der Waals surface area contributed by atoms with E-state index in [0.717, 1.165) is 27.8 Å². The van der Waals surface area contributed by atoms with Crippen molar-refractivity contribution < 1.29 is 18.7 Å². The number of rotatable bonds is 9. The zero-order valence-electron chi connectivity index (χ0n) is 18.8. The number of hydrogen-bond donors (Lipinski definition) is 1. The Balaban J connectivity index is 1.66. The molecule has 33 heavy (non-hydrogen) atoms. The van der Waals surface area contributed by atoms with Gasteiger partial charge < -0.3 is 9.47 Å². The van der Waals surface area contributed by atoms with E-state index in [2.05, 4.69) is 32.5 Å². The van der Waals surface area contributed by atoms with Crippen LogP contribution in [0.2, 0.25) is 0 Å². The zero-order valence-corrected chi connectivity index (χ0v) is 20.4. The van der Waals surface area contributed by atoms with E-state index in [1.54, 1.807) is 24.4 Å². The van der Waals surface area contributed by atoms with Crippen LogP contribution >= 0.6 is 15.9 Å². The van der Waals surface area contributed by atoms with Crippen LogP contribution in [0.4, 0.5) is 4.39 Å². The minimum Gasteiger partial charge on any atom is -0.490 e. The SMILES string of the molecule is CCOc1cc(/C=N/NC(=O)Cc2ccc(C)cc2C)cc(Br)c1OCc1ccc(F)cc1. The molecule has 0 saturated carbocycles. The number of nitrogens with one attached hydrogen (secondary N) is 1. The monoisotopic (exact) mass is 512 g/mol. The summed E-state index contributed by atoms with van der Waals surface area (Å²) < 4.78 is 25.4. The van der Waals surface area contributed by atoms with Gasteiger partial charge in [-0.1, -0.05) is 35.9 Å². The van der Waals surface area contributed by atoms with Crippen LogP contribution < -0.4 is 14.9 Å². The topological polar surface area (TPSA) is 59.9 Å². The number of hydrazone groups is 1. The molecule has 0 spiro atoms. The third-order valence-electron chi connectivity index (χ3n) is 4.88. The maximum absolute atomic E-state index is 13.1. The number of nitrogens with zero attached hydrogens (tertiary/aromatic N) is 1. The van der Waals surface area contributed by atoms with Crippen molar-refractivity contribution in [1.82, 2.24) is 5.43 Å². The molecule has 5 nitrogen and oxygen atoms in total. The summed E-state index contributed by atoms with van der Waals surface area (Å²) in [6, 6.07) is 15.7. The van der Waals surface area contributed by atoms with Crippen LogP contribution in [0.15, 0.2) is 64.2 Å². The maximum Gasteiger partial charge on any atom is 0.244 e. The summed E-state index contributed by atoms with van der Waals surface area (Å²) in [4.78, 5) is 12.3. The second-order valence-corrected chi connectivity index (χ2v) is 8.43. The molecule has 0 bridgehead atoms. The first-order valence-corrected chi connectivity index (χ1v) is 11.4. The first kappa shape index (κ1) is 24.5. The van der Waals surface area contributed by atoms with Gasteiger partial charge in [0.25, 0.3) is 0 Å². The lowest BCUT2D eigenvalue weighted by Gasteiger charge is -2.14. The molecule has 0 aliphatic heterocycles. The Morgan fingerprint density at radius 2 is 1.85 bits per heavy atom. The Kier molecular flexibility index (Phi) is 8.60. The van der Waals surface area contributed by atoms with Crippen molar-refractivity contribution in [1.29, 1.82) is 0 Å². The molecule has 0 atom stereocenters. The van der Waals surface area contributed by atoms with E-state index in [-0.39, 0.29) is 24.8 Å². The van der Waals surface area contributed by atoms with Gasteiger partial charge in [-0.15, -0.1) is 0 Å². The van der Waals surface area contributed by atoms with E-state index < -0.39 is 0 Å². The summed E-state index contributed by atoms with van der Waals surface area (Å²) in [6.45, 7) is 6.61. The minimum atomic E-state index is -0.292. The Morgan fingerprint density at radius 1 is 1.09 bits per heavy atom. The summed E-state index contributed by atoms with van der Waals surface area (Å²) >= 11 is 3.52. The molecule has 1 amide bonds. The van der Waals surface area contributed by atoms with Gasteiger partial charge in [-0.3, -0.25) is 4.79 Å². The quantitative estimate of drug-likeness (QED) is 0.287. The number of carbonyl (C=O) groups is 1. The molecular formula is C26H26BrFN2O3. The van der Waals surface area contributed by atoms with Gasteiger partial charge in [-0.25, -0.2) is 9.82 Å². The van der Waals surface area contributed by atoms with Crippen molar-refractivity contribution in [2.75, 3.05) is 6.61 Å². The first-order chi connectivity index (χ1) is 15.9. The van der Waals surface area contributed by atoms with E-state index >= 15 is 0 Å². The summed E-state index contributed by atoms with van der Waals surface area (Å²) in [7, 11) is 0. The Morgan fingerprint density at radius 3 is 2.55 bits per heavy atom. The molecule has 0 aliphatic rings. The molecule has 172 valence electrons. The summed E-state index contributed by atoms with van der Waals surface area (Å²) in [6.07, 6.45) is 1.81. The second-order valence-electron chi connectivity index (χ2n) is 7.58. The van der Waals surface area contributed by atoms with Gasteiger partial charge in [-0.05, 0) is 83.2 Å². The lowest BCUT2D eigenvalue weighted by molar-refractivity contribution is -0.120. The van der Waals surface area contributed by atoms with Gasteiger partial charge in [0.1, 0.15) is 12.4 Å². The van der Waals surface area contributed by atoms with Crippen LogP contribution in [-0.2, 0) is 17.8 Å². The Hall–Kier alpha value is -3.19. The fourth-order valence-corrected chi connectivity index (χ4v) is 3.81. The van der Waals surface area contributed by atoms with Gasteiger partial charge in [0.2, 0.25) is 5.91 Å². The standard InChI is InChI=1S/C26H26BrFN2O3/c1-4-32-24-13-20(12-23(27)26(24)33-16-19-6-9-22(28)10-7-19)15-29-30-25(31)14-21-8-5-17(2)11-18(21)3/h5-13,15H,4,14,16H2,1-3H3,(H,30,31)/b29-15+. The van der Waals surface area contributed by atoms with E-state index in [1.165, 1.54) is 12.1 Å². The van der Waals surface area contributed by atoms with Crippen molar-refractivity contribution in [3.05, 3.63) is 92.7 Å². The molecule has 0 aromatic heterocycles. The molecule has 0 saturated heterocycles. The third kappa shape index (κ3) is 7.15. The number of benzene rings is 3. The van der Waals surface area contributed by atoms with Gasteiger partial charge in [0.15, 0.2) is 11.5 Å². The lowest BCUT2D eigenvalue weighted by Crippen LogP contribution is -2.20. The highest BCUT2D eigenvalue weighted by Crippen LogP contribution is 2.37. The number of amides is 1. The molecule has 3 aromatic rings. The van der Waals surface area contributed by atoms with Crippen molar-refractivity contribution in [3.63, 3.8) is 0 Å². The largest absolute Gasteiger partial charge is 0.490 e. The third-order valence-corrected chi connectivity index (χ3v) is 5.47. The van der Waals surface area contributed by atoms with Crippen molar-refractivity contribution in [2.45, 2.75) is 33.8 Å². The highest BCUT2D eigenvalue weighted by atomic mass is 79.9. The molecule has 0 radical (unpaired) electrons. The van der Waals surface area contributed by atoms with Crippen molar-refractivity contribution in [2.24, 2.45) is 5.10 Å². The summed E-state index contributed by atoms with van der Waals surface area (Å²) in [5.74, 6) is 0.593. The summed E-state index contributed by atoms with van der Waals surface area (Å²) in [5.41, 5.74) is 7.35. The average molecular weight is 513 g/mol. The van der Waals surface area contributed by atoms with Gasteiger partial charge in [-0.2, -0.15) is 5.10 Å². The maximum atomic E-state index is 13.1. The van der Waals surface area contributed by atoms with E-state index in [9.17, 15) is 9.18 Å². The average Bonchev–Trinajstić information content (AvgIpc) is 2.76. The molecular weight excluding hydrogens is 487 g/mol. The number of ether oxygens (including phenoxy) is 2. The Bertz CT molecular complexity index is 1150. The zero-order chi connectivity index (χ0) is 23.8. The van der Waals surface area contributed by atoms with Crippen molar-refractivity contribution >= 4 is 28.1 Å². The normalized spacial score (nSPS) is 10.9. The van der Waals surface area contributed by atoms with E-state index in [4.69, 9.17) is 9.47 Å². The predicted molar refractivity (Wildman–Crippen MR) is 131 cm³/mol. The molecule has 3 rings (SSSR count). The number of halogens is 2. The smallest absolute Gasteiger partial charge is 0.244 e. The fourth-order valence-electron chi connectivity index (χ4n) is 3.24. The minimum absolute atomic E-state index is 0.193. The second kappa shape index (κ2) is 11.6. The fraction of sp³-hybridized carbons (Fsp3) is 0.231. The van der Waals surface area contributed by atoms with Crippen LogP contribution in [0.5, 0.6) is 11.5 Å². The molecule has 0 heterocycles. The van der Waals surface area contributed by atoms with Gasteiger partial charge in [0, 0.05) is 0 Å². The number of hydrogen-bond acceptors (Lipinski definition) is 4. The van der Waals surface area contributed by atoms with Gasteiger partial charge in [0.05, 0.1) is 23.7 Å². The van der Waals surface area contributed by atoms with E-state index in [1.807, 2.05) is 39.0 Å². The Labute approximate surface area is 201 Å². The lowest BCUT2D eigenvalue weighted by atomic mass is 10.0. The van der Waals surface area contributed by atoms with Crippen molar-refractivity contribution in [3.8, 4) is 11.5 Å². The number of carbonyl (C=O) groups excluding carboxylic acids is 1. The predicted octanol–water partition coefficient (Wildman–Crippen LogP) is 5.88. The highest BCUT2D eigenvalue weighted by Gasteiger charge is 2.12. The van der Waals surface area contributed by atoms with Crippen LogP contribution in [0.25, 0.3) is 0 Å². The van der Waals surface area contributed by atoms with Gasteiger partial charge >= 0.3 is 0 Å².